The number of primary amides is 1. The van der Waals surface area contributed by atoms with Crippen LogP contribution in [0, 0.1) is 0 Å². The van der Waals surface area contributed by atoms with Gasteiger partial charge in [-0.1, -0.05) is 18.2 Å². The van der Waals surface area contributed by atoms with Gasteiger partial charge < -0.3 is 16.0 Å². The first kappa shape index (κ1) is 12.6. The van der Waals surface area contributed by atoms with Crippen LogP contribution >= 0.6 is 0 Å². The Labute approximate surface area is 117 Å². The van der Waals surface area contributed by atoms with Crippen LogP contribution in [0.3, 0.4) is 0 Å². The standard InChI is InChI=1S/C15H16N4O/c16-15(20)12-5-6-14(18-10-12)19-8-7-17-9-11-3-1-2-4-13(11)19/h1-6,10,17H,7-9H2,(H2,16,20). The molecule has 5 nitrogen and oxygen atoms in total. The quantitative estimate of drug-likeness (QED) is 0.864. The third kappa shape index (κ3) is 2.35. The molecule has 102 valence electrons. The summed E-state index contributed by atoms with van der Waals surface area (Å²) in [6.07, 6.45) is 1.53. The number of hydrogen-bond acceptors (Lipinski definition) is 4. The maximum absolute atomic E-state index is 11.1. The number of pyridine rings is 1. The van der Waals surface area contributed by atoms with E-state index in [0.717, 1.165) is 31.1 Å². The van der Waals surface area contributed by atoms with Gasteiger partial charge in [0.1, 0.15) is 5.82 Å². The maximum Gasteiger partial charge on any atom is 0.250 e. The van der Waals surface area contributed by atoms with Gasteiger partial charge in [-0.05, 0) is 23.8 Å². The lowest BCUT2D eigenvalue weighted by Gasteiger charge is -2.23. The van der Waals surface area contributed by atoms with Gasteiger partial charge in [-0.15, -0.1) is 0 Å². The summed E-state index contributed by atoms with van der Waals surface area (Å²) in [7, 11) is 0. The monoisotopic (exact) mass is 268 g/mol. The van der Waals surface area contributed by atoms with Gasteiger partial charge >= 0.3 is 0 Å². The Morgan fingerprint density at radius 2 is 2.10 bits per heavy atom. The van der Waals surface area contributed by atoms with Gasteiger partial charge in [0, 0.05) is 31.5 Å². The van der Waals surface area contributed by atoms with Crippen molar-refractivity contribution in [1.82, 2.24) is 10.3 Å². The number of nitrogens with one attached hydrogen (secondary N) is 1. The summed E-state index contributed by atoms with van der Waals surface area (Å²) >= 11 is 0. The van der Waals surface area contributed by atoms with Crippen molar-refractivity contribution in [2.75, 3.05) is 18.0 Å². The third-order valence-corrected chi connectivity index (χ3v) is 3.42. The van der Waals surface area contributed by atoms with Gasteiger partial charge in [0.2, 0.25) is 5.91 Å². The molecule has 0 fully saturated rings. The summed E-state index contributed by atoms with van der Waals surface area (Å²) in [6, 6.07) is 11.8. The first-order valence-electron chi connectivity index (χ1n) is 6.58. The molecule has 0 atom stereocenters. The molecule has 0 saturated heterocycles. The topological polar surface area (TPSA) is 71.2 Å². The third-order valence-electron chi connectivity index (χ3n) is 3.42. The predicted molar refractivity (Wildman–Crippen MR) is 77.9 cm³/mol. The number of carbonyl (C=O) groups is 1. The van der Waals surface area contributed by atoms with Crippen LogP contribution in [0.1, 0.15) is 15.9 Å². The highest BCUT2D eigenvalue weighted by molar-refractivity contribution is 5.92. The van der Waals surface area contributed by atoms with Crippen LogP contribution in [0.5, 0.6) is 0 Å². The molecule has 20 heavy (non-hydrogen) atoms. The number of benzene rings is 1. The largest absolute Gasteiger partial charge is 0.366 e. The zero-order valence-electron chi connectivity index (χ0n) is 11.0. The molecule has 0 bridgehead atoms. The molecule has 0 radical (unpaired) electrons. The summed E-state index contributed by atoms with van der Waals surface area (Å²) in [5.74, 6) is 0.369. The number of anilines is 2. The van der Waals surface area contributed by atoms with E-state index in [1.807, 2.05) is 18.2 Å². The second kappa shape index (κ2) is 5.30. The normalized spacial score (nSPS) is 14.5. The fourth-order valence-electron chi connectivity index (χ4n) is 2.39. The predicted octanol–water partition coefficient (Wildman–Crippen LogP) is 1.42. The van der Waals surface area contributed by atoms with E-state index < -0.39 is 5.91 Å². The zero-order chi connectivity index (χ0) is 13.9. The Kier molecular flexibility index (Phi) is 3.35. The van der Waals surface area contributed by atoms with E-state index in [1.54, 1.807) is 6.07 Å². The number of rotatable bonds is 2. The van der Waals surface area contributed by atoms with Gasteiger partial charge in [-0.2, -0.15) is 0 Å². The van der Waals surface area contributed by atoms with Gasteiger partial charge in [0.25, 0.3) is 0 Å². The van der Waals surface area contributed by atoms with Crippen LogP contribution in [-0.4, -0.2) is 24.0 Å². The summed E-state index contributed by atoms with van der Waals surface area (Å²) in [5.41, 5.74) is 8.06. The minimum absolute atomic E-state index is 0.426. The van der Waals surface area contributed by atoms with Crippen molar-refractivity contribution >= 4 is 17.4 Å². The Morgan fingerprint density at radius 1 is 1.25 bits per heavy atom. The lowest BCUT2D eigenvalue weighted by Crippen LogP contribution is -2.25. The molecule has 5 heteroatoms. The van der Waals surface area contributed by atoms with E-state index in [1.165, 1.54) is 11.8 Å². The van der Waals surface area contributed by atoms with Crippen molar-refractivity contribution in [3.05, 3.63) is 53.7 Å². The van der Waals surface area contributed by atoms with Crippen molar-refractivity contribution in [3.63, 3.8) is 0 Å². The van der Waals surface area contributed by atoms with Gasteiger partial charge in [-0.3, -0.25) is 4.79 Å². The number of hydrogen-bond donors (Lipinski definition) is 2. The summed E-state index contributed by atoms with van der Waals surface area (Å²) in [5, 5.41) is 3.39. The number of fused-ring (bicyclic) bond motifs is 1. The van der Waals surface area contributed by atoms with Crippen LogP contribution in [0.2, 0.25) is 0 Å². The Morgan fingerprint density at radius 3 is 2.85 bits per heavy atom. The molecule has 1 aromatic heterocycles. The molecule has 1 aliphatic heterocycles. The fourth-order valence-corrected chi connectivity index (χ4v) is 2.39. The molecule has 3 N–H and O–H groups in total. The van der Waals surface area contributed by atoms with E-state index in [9.17, 15) is 4.79 Å². The Bertz CT molecular complexity index is 624. The highest BCUT2D eigenvalue weighted by Crippen LogP contribution is 2.28. The minimum atomic E-state index is -0.456. The molecular weight excluding hydrogens is 252 g/mol. The fraction of sp³-hybridized carbons (Fsp3) is 0.200. The summed E-state index contributed by atoms with van der Waals surface area (Å²) < 4.78 is 0. The molecule has 2 heterocycles. The SMILES string of the molecule is NC(=O)c1ccc(N2CCNCc3ccccc32)nc1. The molecule has 0 spiro atoms. The maximum atomic E-state index is 11.1. The highest BCUT2D eigenvalue weighted by atomic mass is 16.1. The van der Waals surface area contributed by atoms with Crippen LogP contribution in [-0.2, 0) is 6.54 Å². The van der Waals surface area contributed by atoms with E-state index in [0.29, 0.717) is 5.56 Å². The van der Waals surface area contributed by atoms with Crippen LogP contribution in [0.4, 0.5) is 11.5 Å². The second-order valence-electron chi connectivity index (χ2n) is 4.73. The molecule has 1 aliphatic rings. The molecule has 3 rings (SSSR count). The van der Waals surface area contributed by atoms with Gasteiger partial charge in [0.15, 0.2) is 0 Å². The average molecular weight is 268 g/mol. The smallest absolute Gasteiger partial charge is 0.250 e. The van der Waals surface area contributed by atoms with E-state index in [-0.39, 0.29) is 0 Å². The van der Waals surface area contributed by atoms with Crippen molar-refractivity contribution in [1.29, 1.82) is 0 Å². The zero-order valence-corrected chi connectivity index (χ0v) is 11.0. The summed E-state index contributed by atoms with van der Waals surface area (Å²) in [4.78, 5) is 17.6. The number of aromatic nitrogens is 1. The first-order chi connectivity index (χ1) is 9.75. The van der Waals surface area contributed by atoms with Crippen molar-refractivity contribution in [2.24, 2.45) is 5.73 Å². The highest BCUT2D eigenvalue weighted by Gasteiger charge is 2.17. The Balaban J connectivity index is 1.98. The molecule has 1 aromatic carbocycles. The summed E-state index contributed by atoms with van der Waals surface area (Å²) in [6.45, 7) is 2.57. The van der Waals surface area contributed by atoms with Crippen LogP contribution in [0.15, 0.2) is 42.6 Å². The number of nitrogens with zero attached hydrogens (tertiary/aromatic N) is 2. The molecule has 0 unspecified atom stereocenters. The lowest BCUT2D eigenvalue weighted by atomic mass is 10.1. The number of amides is 1. The lowest BCUT2D eigenvalue weighted by molar-refractivity contribution is 0.1000. The molecular formula is C15H16N4O. The van der Waals surface area contributed by atoms with Gasteiger partial charge in [-0.25, -0.2) is 4.98 Å². The Hall–Kier alpha value is -2.40. The average Bonchev–Trinajstić information content (AvgIpc) is 2.69. The molecule has 0 saturated carbocycles. The number of para-hydroxylation sites is 1. The van der Waals surface area contributed by atoms with Crippen molar-refractivity contribution in [2.45, 2.75) is 6.54 Å². The molecule has 0 aliphatic carbocycles. The first-order valence-corrected chi connectivity index (χ1v) is 6.58. The van der Waals surface area contributed by atoms with Gasteiger partial charge in [0.05, 0.1) is 5.56 Å². The van der Waals surface area contributed by atoms with Crippen molar-refractivity contribution < 1.29 is 4.79 Å². The van der Waals surface area contributed by atoms with E-state index in [2.05, 4.69) is 27.3 Å². The second-order valence-corrected chi connectivity index (χ2v) is 4.73. The van der Waals surface area contributed by atoms with E-state index in [4.69, 9.17) is 5.73 Å². The molecule has 1 amide bonds. The minimum Gasteiger partial charge on any atom is -0.366 e. The number of carbonyl (C=O) groups excluding carboxylic acids is 1. The molecule has 2 aromatic rings. The van der Waals surface area contributed by atoms with Crippen LogP contribution < -0.4 is 16.0 Å². The van der Waals surface area contributed by atoms with E-state index >= 15 is 0 Å². The van der Waals surface area contributed by atoms with Crippen molar-refractivity contribution in [3.8, 4) is 0 Å². The number of nitrogens with two attached hydrogens (primary N) is 1. The van der Waals surface area contributed by atoms with Crippen LogP contribution in [0.25, 0.3) is 0 Å².